The first-order valence-electron chi connectivity index (χ1n) is 9.24. The molecule has 0 aliphatic heterocycles. The molecule has 0 fully saturated rings. The lowest BCUT2D eigenvalue weighted by Gasteiger charge is -2.15. The van der Waals surface area contributed by atoms with Crippen LogP contribution in [0, 0.1) is 11.6 Å². The fraction of sp³-hybridized carbons (Fsp3) is 0.136. The Labute approximate surface area is 170 Å². The Balaban J connectivity index is 1.93. The monoisotopic (exact) mass is 409 g/mol. The number of ether oxygens (including phenoxy) is 1. The number of hydrogen-bond donors (Lipinski definition) is 0. The molecule has 2 heterocycles. The van der Waals surface area contributed by atoms with Crippen molar-refractivity contribution in [1.29, 1.82) is 0 Å². The van der Waals surface area contributed by atoms with Gasteiger partial charge in [-0.15, -0.1) is 0 Å². The van der Waals surface area contributed by atoms with Crippen LogP contribution in [0.2, 0.25) is 0 Å². The maximum absolute atomic E-state index is 14.0. The largest absolute Gasteiger partial charge is 0.462 e. The Morgan fingerprint density at radius 1 is 1.17 bits per heavy atom. The maximum Gasteiger partial charge on any atom is 0.343 e. The molecule has 0 aliphatic rings. The highest BCUT2D eigenvalue weighted by atomic mass is 19.2. The van der Waals surface area contributed by atoms with Gasteiger partial charge in [0.2, 0.25) is 5.43 Å². The molecule has 0 aliphatic carbocycles. The molecule has 0 saturated carbocycles. The average molecular weight is 409 g/mol. The Kier molecular flexibility index (Phi) is 5.14. The molecule has 2 aromatic heterocycles. The van der Waals surface area contributed by atoms with Gasteiger partial charge in [-0.1, -0.05) is 12.1 Å². The van der Waals surface area contributed by atoms with Crippen molar-refractivity contribution < 1.29 is 18.3 Å². The molecule has 0 spiro atoms. The summed E-state index contributed by atoms with van der Waals surface area (Å²) >= 11 is 0. The summed E-state index contributed by atoms with van der Waals surface area (Å²) in [6.07, 6.45) is 6.47. The summed E-state index contributed by atoms with van der Waals surface area (Å²) < 4.78 is 36.2. The molecule has 0 N–H and O–H groups in total. The zero-order chi connectivity index (χ0) is 21.3. The van der Waals surface area contributed by atoms with Crippen LogP contribution in [0.1, 0.15) is 22.8 Å². The third kappa shape index (κ3) is 3.59. The highest BCUT2D eigenvalue weighted by Gasteiger charge is 2.19. The van der Waals surface area contributed by atoms with Gasteiger partial charge in [0.05, 0.1) is 23.8 Å². The molecule has 2 aromatic carbocycles. The molecular weight excluding hydrogens is 392 g/mol. The van der Waals surface area contributed by atoms with Crippen LogP contribution in [0.15, 0.2) is 66.1 Å². The lowest BCUT2D eigenvalue weighted by Crippen LogP contribution is -2.21. The second-order valence-corrected chi connectivity index (χ2v) is 6.65. The van der Waals surface area contributed by atoms with Crippen molar-refractivity contribution in [2.75, 3.05) is 6.61 Å². The number of esters is 1. The zero-order valence-corrected chi connectivity index (χ0v) is 16.0. The van der Waals surface area contributed by atoms with E-state index < -0.39 is 23.0 Å². The molecule has 0 radical (unpaired) electrons. The highest BCUT2D eigenvalue weighted by molar-refractivity contribution is 5.94. The molecule has 4 rings (SSSR count). The maximum atomic E-state index is 14.0. The normalized spacial score (nSPS) is 11.0. The fourth-order valence-electron chi connectivity index (χ4n) is 3.28. The number of carbonyl (C=O) groups is 1. The first kappa shape index (κ1) is 19.5. The number of nitrogens with zero attached hydrogens (tertiary/aromatic N) is 3. The van der Waals surface area contributed by atoms with Crippen LogP contribution in [0.3, 0.4) is 0 Å². The molecule has 0 unspecified atom stereocenters. The smallest absolute Gasteiger partial charge is 0.343 e. The lowest BCUT2D eigenvalue weighted by molar-refractivity contribution is 0.0524. The van der Waals surface area contributed by atoms with Crippen LogP contribution in [0.25, 0.3) is 16.6 Å². The summed E-state index contributed by atoms with van der Waals surface area (Å²) in [4.78, 5) is 29.1. The van der Waals surface area contributed by atoms with Crippen molar-refractivity contribution >= 4 is 16.9 Å². The predicted molar refractivity (Wildman–Crippen MR) is 107 cm³/mol. The number of imidazole rings is 1. The summed E-state index contributed by atoms with van der Waals surface area (Å²) in [6, 6.07) is 9.04. The Hall–Kier alpha value is -3.81. The first-order valence-corrected chi connectivity index (χ1v) is 9.24. The van der Waals surface area contributed by atoms with Crippen LogP contribution in [-0.4, -0.2) is 26.7 Å². The van der Waals surface area contributed by atoms with E-state index in [0.29, 0.717) is 12.2 Å². The van der Waals surface area contributed by atoms with Crippen molar-refractivity contribution in [1.82, 2.24) is 14.1 Å². The van der Waals surface area contributed by atoms with Crippen molar-refractivity contribution in [2.45, 2.75) is 13.5 Å². The third-order valence-corrected chi connectivity index (χ3v) is 4.65. The minimum Gasteiger partial charge on any atom is -0.462 e. The van der Waals surface area contributed by atoms with Gasteiger partial charge in [0.25, 0.3) is 0 Å². The van der Waals surface area contributed by atoms with Gasteiger partial charge in [-0.2, -0.15) is 0 Å². The number of carbonyl (C=O) groups excluding carboxylic acids is 1. The molecular formula is C22H17F2N3O3. The summed E-state index contributed by atoms with van der Waals surface area (Å²) in [5.74, 6) is -3.08. The first-order chi connectivity index (χ1) is 14.5. The molecule has 8 heteroatoms. The standard InChI is InChI=1S/C22H17F2N3O3/c1-2-30-22(29)17-12-27(20-10-19(24)18(23)9-16(20)21(17)28)15-5-3-4-14(8-15)11-26-7-6-25-13-26/h3-10,12-13H,2,11H2,1H3. The number of aromatic nitrogens is 3. The molecule has 0 amide bonds. The molecule has 0 atom stereocenters. The van der Waals surface area contributed by atoms with Gasteiger partial charge in [-0.3, -0.25) is 4.79 Å². The van der Waals surface area contributed by atoms with Gasteiger partial charge in [-0.05, 0) is 30.7 Å². The van der Waals surface area contributed by atoms with E-state index in [-0.39, 0.29) is 23.1 Å². The van der Waals surface area contributed by atoms with Gasteiger partial charge in [0.1, 0.15) is 5.56 Å². The Bertz CT molecular complexity index is 1300. The number of rotatable bonds is 5. The topological polar surface area (TPSA) is 66.1 Å². The number of hydrogen-bond acceptors (Lipinski definition) is 4. The van der Waals surface area contributed by atoms with Crippen LogP contribution in [-0.2, 0) is 11.3 Å². The molecule has 30 heavy (non-hydrogen) atoms. The van der Waals surface area contributed by atoms with Gasteiger partial charge < -0.3 is 13.9 Å². The second kappa shape index (κ2) is 7.90. The van der Waals surface area contributed by atoms with E-state index >= 15 is 0 Å². The summed E-state index contributed by atoms with van der Waals surface area (Å²) in [6.45, 7) is 2.24. The van der Waals surface area contributed by atoms with Crippen molar-refractivity contribution in [2.24, 2.45) is 0 Å². The Morgan fingerprint density at radius 2 is 1.97 bits per heavy atom. The second-order valence-electron chi connectivity index (χ2n) is 6.65. The van der Waals surface area contributed by atoms with Crippen molar-refractivity contribution in [3.63, 3.8) is 0 Å². The van der Waals surface area contributed by atoms with Gasteiger partial charge in [0.15, 0.2) is 11.6 Å². The van der Waals surface area contributed by atoms with E-state index in [4.69, 9.17) is 4.74 Å². The van der Waals surface area contributed by atoms with Gasteiger partial charge in [-0.25, -0.2) is 18.6 Å². The number of halogens is 2. The summed E-state index contributed by atoms with van der Waals surface area (Å²) in [7, 11) is 0. The number of benzene rings is 2. The minimum absolute atomic E-state index is 0.0779. The highest BCUT2D eigenvalue weighted by Crippen LogP contribution is 2.22. The van der Waals surface area contributed by atoms with Crippen LogP contribution >= 0.6 is 0 Å². The van der Waals surface area contributed by atoms with E-state index in [1.165, 1.54) is 10.8 Å². The fourth-order valence-corrected chi connectivity index (χ4v) is 3.28. The zero-order valence-electron chi connectivity index (χ0n) is 16.0. The van der Waals surface area contributed by atoms with Crippen molar-refractivity contribution in [3.05, 3.63) is 94.3 Å². The van der Waals surface area contributed by atoms with Crippen LogP contribution < -0.4 is 5.43 Å². The third-order valence-electron chi connectivity index (χ3n) is 4.65. The minimum atomic E-state index is -1.17. The van der Waals surface area contributed by atoms with Gasteiger partial charge in [0, 0.05) is 36.9 Å². The molecule has 152 valence electrons. The Morgan fingerprint density at radius 3 is 2.70 bits per heavy atom. The quantitative estimate of drug-likeness (QED) is 0.472. The van der Waals surface area contributed by atoms with E-state index in [1.807, 2.05) is 22.9 Å². The number of fused-ring (bicyclic) bond motifs is 1. The van der Waals surface area contributed by atoms with E-state index in [9.17, 15) is 18.4 Å². The lowest BCUT2D eigenvalue weighted by atomic mass is 10.1. The molecule has 0 saturated heterocycles. The average Bonchev–Trinajstić information content (AvgIpc) is 3.23. The molecule has 6 nitrogen and oxygen atoms in total. The van der Waals surface area contributed by atoms with E-state index in [0.717, 1.165) is 17.7 Å². The van der Waals surface area contributed by atoms with Crippen LogP contribution in [0.5, 0.6) is 0 Å². The van der Waals surface area contributed by atoms with Crippen LogP contribution in [0.4, 0.5) is 8.78 Å². The summed E-state index contributed by atoms with van der Waals surface area (Å²) in [5.41, 5.74) is 0.669. The van der Waals surface area contributed by atoms with Crippen molar-refractivity contribution in [3.8, 4) is 5.69 Å². The van der Waals surface area contributed by atoms with E-state index in [2.05, 4.69) is 4.98 Å². The van der Waals surface area contributed by atoms with Gasteiger partial charge >= 0.3 is 5.97 Å². The predicted octanol–water partition coefficient (Wildman–Crippen LogP) is 3.69. The van der Waals surface area contributed by atoms with E-state index in [1.54, 1.807) is 31.6 Å². The molecule has 4 aromatic rings. The SMILES string of the molecule is CCOC(=O)c1cn(-c2cccc(Cn3ccnc3)c2)c2cc(F)c(F)cc2c1=O. The summed E-state index contributed by atoms with van der Waals surface area (Å²) in [5, 5.41) is -0.112. The number of pyridine rings is 1. The molecule has 0 bridgehead atoms.